The molecule has 0 aliphatic rings. The lowest BCUT2D eigenvalue weighted by molar-refractivity contribution is -0.118. The van der Waals surface area contributed by atoms with Crippen molar-refractivity contribution in [2.75, 3.05) is 24.4 Å². The number of ether oxygens (including phenoxy) is 2. The highest BCUT2D eigenvalue weighted by Crippen LogP contribution is 2.29. The first-order valence-corrected chi connectivity index (χ1v) is 9.98. The minimum absolute atomic E-state index is 0.108. The number of nitrogens with one attached hydrogen (secondary N) is 2. The second-order valence-corrected chi connectivity index (χ2v) is 7.44. The molecule has 0 aromatic heterocycles. The van der Waals surface area contributed by atoms with Gasteiger partial charge in [-0.3, -0.25) is 4.79 Å². The third-order valence-electron chi connectivity index (χ3n) is 4.60. The fourth-order valence-electron chi connectivity index (χ4n) is 2.90. The van der Waals surface area contributed by atoms with Crippen molar-refractivity contribution in [3.8, 4) is 11.5 Å². The van der Waals surface area contributed by atoms with Gasteiger partial charge in [-0.2, -0.15) is 0 Å². The highest BCUT2D eigenvalue weighted by atomic mass is 35.5. The molecule has 0 saturated heterocycles. The van der Waals surface area contributed by atoms with Crippen LogP contribution in [0, 0.1) is 13.8 Å². The van der Waals surface area contributed by atoms with Crippen molar-refractivity contribution >= 4 is 28.9 Å². The predicted molar refractivity (Wildman–Crippen MR) is 122 cm³/mol. The number of halogens is 1. The maximum Gasteiger partial charge on any atom is 0.262 e. The second kappa shape index (κ2) is 10.0. The quantitative estimate of drug-likeness (QED) is 0.494. The summed E-state index contributed by atoms with van der Waals surface area (Å²) in [4.78, 5) is 12.2. The number of amides is 1. The number of anilines is 2. The molecule has 0 fully saturated rings. The number of methoxy groups -OCH3 is 1. The van der Waals surface area contributed by atoms with Crippen molar-refractivity contribution in [2.45, 2.75) is 20.4 Å². The topological polar surface area (TPSA) is 59.6 Å². The van der Waals surface area contributed by atoms with Gasteiger partial charge in [-0.05, 0) is 61.4 Å². The first kappa shape index (κ1) is 21.5. The van der Waals surface area contributed by atoms with Crippen molar-refractivity contribution in [3.63, 3.8) is 0 Å². The van der Waals surface area contributed by atoms with Crippen LogP contribution >= 0.6 is 11.6 Å². The fourth-order valence-corrected chi connectivity index (χ4v) is 3.07. The van der Waals surface area contributed by atoms with Gasteiger partial charge in [-0.1, -0.05) is 41.4 Å². The van der Waals surface area contributed by atoms with Gasteiger partial charge in [0.1, 0.15) is 0 Å². The molecular formula is C24H25ClN2O3. The summed E-state index contributed by atoms with van der Waals surface area (Å²) in [6.45, 7) is 4.52. The van der Waals surface area contributed by atoms with Crippen molar-refractivity contribution in [3.05, 3.63) is 82.4 Å². The Labute approximate surface area is 182 Å². The summed E-state index contributed by atoms with van der Waals surface area (Å²) >= 11 is 6.08. The SMILES string of the molecule is COc1cc(CNc2cc(Cl)ccc2C)ccc1OCC(=O)Nc1ccc(C)cc1. The number of carbonyl (C=O) groups excluding carboxylic acids is 1. The van der Waals surface area contributed by atoms with E-state index >= 15 is 0 Å². The number of hydrogen-bond acceptors (Lipinski definition) is 4. The minimum atomic E-state index is -0.233. The van der Waals surface area contributed by atoms with Crippen LogP contribution in [0.5, 0.6) is 11.5 Å². The molecule has 3 rings (SSSR count). The van der Waals surface area contributed by atoms with Crippen molar-refractivity contribution in [1.82, 2.24) is 0 Å². The van der Waals surface area contributed by atoms with E-state index in [1.54, 1.807) is 13.2 Å². The molecule has 6 heteroatoms. The molecule has 3 aromatic carbocycles. The number of hydrogen-bond donors (Lipinski definition) is 2. The molecule has 0 unspecified atom stereocenters. The van der Waals surface area contributed by atoms with Crippen molar-refractivity contribution < 1.29 is 14.3 Å². The molecule has 5 nitrogen and oxygen atoms in total. The Morgan fingerprint density at radius 1 is 0.967 bits per heavy atom. The summed E-state index contributed by atoms with van der Waals surface area (Å²) in [6.07, 6.45) is 0. The third kappa shape index (κ3) is 5.91. The number of carbonyl (C=O) groups is 1. The van der Waals surface area contributed by atoms with E-state index in [4.69, 9.17) is 21.1 Å². The maximum absolute atomic E-state index is 12.2. The molecule has 30 heavy (non-hydrogen) atoms. The summed E-state index contributed by atoms with van der Waals surface area (Å²) in [5.74, 6) is 0.850. The van der Waals surface area contributed by atoms with Crippen LogP contribution in [0.3, 0.4) is 0 Å². The molecule has 0 radical (unpaired) electrons. The van der Waals surface area contributed by atoms with E-state index in [1.807, 2.05) is 68.4 Å². The van der Waals surface area contributed by atoms with E-state index < -0.39 is 0 Å². The average molecular weight is 425 g/mol. The highest BCUT2D eigenvalue weighted by Gasteiger charge is 2.10. The van der Waals surface area contributed by atoms with Gasteiger partial charge in [0, 0.05) is 22.9 Å². The van der Waals surface area contributed by atoms with Crippen LogP contribution in [0.15, 0.2) is 60.7 Å². The molecule has 0 heterocycles. The first-order chi connectivity index (χ1) is 14.4. The minimum Gasteiger partial charge on any atom is -0.493 e. The third-order valence-corrected chi connectivity index (χ3v) is 4.84. The molecule has 0 atom stereocenters. The standard InChI is InChI=1S/C24H25ClN2O3/c1-16-4-9-20(10-5-16)27-24(28)15-30-22-11-7-18(12-23(22)29-3)14-26-21-13-19(25)8-6-17(21)2/h4-13,26H,14-15H2,1-3H3,(H,27,28). The molecule has 0 saturated carbocycles. The number of rotatable bonds is 8. The number of benzene rings is 3. The summed E-state index contributed by atoms with van der Waals surface area (Å²) in [5, 5.41) is 6.88. The predicted octanol–water partition coefficient (Wildman–Crippen LogP) is 5.60. The van der Waals surface area contributed by atoms with Crippen LogP contribution in [0.4, 0.5) is 11.4 Å². The first-order valence-electron chi connectivity index (χ1n) is 9.61. The molecule has 3 aromatic rings. The Morgan fingerprint density at radius 2 is 1.73 bits per heavy atom. The lowest BCUT2D eigenvalue weighted by Gasteiger charge is -2.14. The van der Waals surface area contributed by atoms with Crippen LogP contribution in [0.1, 0.15) is 16.7 Å². The molecular weight excluding hydrogens is 400 g/mol. The van der Waals surface area contributed by atoms with Crippen LogP contribution in [-0.4, -0.2) is 19.6 Å². The average Bonchev–Trinajstić information content (AvgIpc) is 2.74. The summed E-state index contributed by atoms with van der Waals surface area (Å²) in [5.41, 5.74) is 4.98. The Kier molecular flexibility index (Phi) is 7.20. The van der Waals surface area contributed by atoms with Gasteiger partial charge in [-0.15, -0.1) is 0 Å². The molecule has 156 valence electrons. The van der Waals surface area contributed by atoms with Crippen molar-refractivity contribution in [2.24, 2.45) is 0 Å². The van der Waals surface area contributed by atoms with Gasteiger partial charge in [0.15, 0.2) is 18.1 Å². The van der Waals surface area contributed by atoms with Gasteiger partial charge >= 0.3 is 0 Å². The normalized spacial score (nSPS) is 10.4. The van der Waals surface area contributed by atoms with Gasteiger partial charge in [0.25, 0.3) is 5.91 Å². The van der Waals surface area contributed by atoms with E-state index in [-0.39, 0.29) is 12.5 Å². The van der Waals surface area contributed by atoms with Gasteiger partial charge in [-0.25, -0.2) is 0 Å². The van der Waals surface area contributed by atoms with Crippen LogP contribution < -0.4 is 20.1 Å². The molecule has 0 aliphatic heterocycles. The fraction of sp³-hybridized carbons (Fsp3) is 0.208. The Morgan fingerprint density at radius 3 is 2.47 bits per heavy atom. The Bertz CT molecular complexity index is 1020. The maximum atomic E-state index is 12.2. The second-order valence-electron chi connectivity index (χ2n) is 7.00. The van der Waals surface area contributed by atoms with E-state index in [0.717, 1.165) is 28.1 Å². The molecule has 1 amide bonds. The highest BCUT2D eigenvalue weighted by molar-refractivity contribution is 6.30. The van der Waals surface area contributed by atoms with Crippen molar-refractivity contribution in [1.29, 1.82) is 0 Å². The molecule has 0 aliphatic carbocycles. The Hall–Kier alpha value is -3.18. The van der Waals surface area contributed by atoms with Crippen LogP contribution in [0.25, 0.3) is 0 Å². The lowest BCUT2D eigenvalue weighted by Crippen LogP contribution is -2.20. The van der Waals surface area contributed by atoms with Gasteiger partial charge in [0.05, 0.1) is 7.11 Å². The van der Waals surface area contributed by atoms with Crippen LogP contribution in [-0.2, 0) is 11.3 Å². The summed E-state index contributed by atoms with van der Waals surface area (Å²) in [6, 6.07) is 19.0. The van der Waals surface area contributed by atoms with E-state index in [0.29, 0.717) is 23.1 Å². The van der Waals surface area contributed by atoms with Gasteiger partial charge < -0.3 is 20.1 Å². The zero-order chi connectivity index (χ0) is 21.5. The summed E-state index contributed by atoms with van der Waals surface area (Å²) in [7, 11) is 1.58. The smallest absolute Gasteiger partial charge is 0.262 e. The lowest BCUT2D eigenvalue weighted by atomic mass is 10.1. The zero-order valence-corrected chi connectivity index (χ0v) is 18.0. The zero-order valence-electron chi connectivity index (χ0n) is 17.3. The van der Waals surface area contributed by atoms with Crippen LogP contribution in [0.2, 0.25) is 5.02 Å². The molecule has 0 bridgehead atoms. The Balaban J connectivity index is 1.58. The molecule has 2 N–H and O–H groups in total. The van der Waals surface area contributed by atoms with E-state index in [1.165, 1.54) is 0 Å². The van der Waals surface area contributed by atoms with Gasteiger partial charge in [0.2, 0.25) is 0 Å². The van der Waals surface area contributed by atoms with E-state index in [2.05, 4.69) is 10.6 Å². The summed E-state index contributed by atoms with van der Waals surface area (Å²) < 4.78 is 11.1. The monoisotopic (exact) mass is 424 g/mol. The number of aryl methyl sites for hydroxylation is 2. The van der Waals surface area contributed by atoms with E-state index in [9.17, 15) is 4.79 Å². The molecule has 0 spiro atoms. The largest absolute Gasteiger partial charge is 0.493 e.